The summed E-state index contributed by atoms with van der Waals surface area (Å²) in [6.07, 6.45) is -1.84. The summed E-state index contributed by atoms with van der Waals surface area (Å²) in [6.45, 7) is 0.547. The van der Waals surface area contributed by atoms with Crippen LogP contribution in [0.15, 0.2) is 41.1 Å². The number of anilines is 1. The first-order chi connectivity index (χ1) is 14.0. The molecule has 0 unspecified atom stereocenters. The van der Waals surface area contributed by atoms with E-state index in [0.717, 1.165) is 11.1 Å². The van der Waals surface area contributed by atoms with Gasteiger partial charge in [-0.05, 0) is 31.8 Å². The molecule has 0 radical (unpaired) electrons. The molecule has 12 heteroatoms. The summed E-state index contributed by atoms with van der Waals surface area (Å²) in [5.41, 5.74) is 8.19. The van der Waals surface area contributed by atoms with Crippen LogP contribution in [-0.2, 0) is 11.3 Å². The molecule has 160 valence electrons. The zero-order valence-corrected chi connectivity index (χ0v) is 15.8. The molecule has 0 bridgehead atoms. The van der Waals surface area contributed by atoms with Gasteiger partial charge in [-0.3, -0.25) is 4.98 Å². The van der Waals surface area contributed by atoms with E-state index in [4.69, 9.17) is 20.1 Å². The van der Waals surface area contributed by atoms with E-state index in [1.165, 1.54) is 6.07 Å². The number of carboxylic acid groups (broad SMARTS) is 1. The van der Waals surface area contributed by atoms with Gasteiger partial charge in [-0.15, -0.1) is 5.10 Å². The highest BCUT2D eigenvalue weighted by Crippen LogP contribution is 2.26. The molecule has 8 nitrogen and oxygen atoms in total. The number of carbonyl (C=O) groups is 1. The summed E-state index contributed by atoms with van der Waals surface area (Å²) in [5.74, 6) is -2.72. The van der Waals surface area contributed by atoms with Gasteiger partial charge in [0, 0.05) is 30.1 Å². The maximum atomic E-state index is 14.2. The molecule has 3 rings (SSSR count). The third-order valence-corrected chi connectivity index (χ3v) is 3.54. The summed E-state index contributed by atoms with van der Waals surface area (Å²) in [7, 11) is 3.80. The van der Waals surface area contributed by atoms with Crippen molar-refractivity contribution in [1.82, 2.24) is 20.1 Å². The van der Waals surface area contributed by atoms with Crippen molar-refractivity contribution in [3.63, 3.8) is 0 Å². The number of nitrogens with two attached hydrogens (primary N) is 1. The van der Waals surface area contributed by atoms with Gasteiger partial charge in [-0.1, -0.05) is 17.2 Å². The first kappa shape index (κ1) is 22.7. The number of nitrogens with zero attached hydrogens (tertiary/aromatic N) is 4. The van der Waals surface area contributed by atoms with E-state index in [2.05, 4.69) is 15.2 Å². The maximum absolute atomic E-state index is 14.2. The minimum atomic E-state index is -5.08. The Labute approximate surface area is 168 Å². The molecule has 0 fully saturated rings. The second-order valence-corrected chi connectivity index (χ2v) is 6.25. The van der Waals surface area contributed by atoms with E-state index in [1.54, 1.807) is 24.5 Å². The van der Waals surface area contributed by atoms with Crippen LogP contribution in [0.3, 0.4) is 0 Å². The lowest BCUT2D eigenvalue weighted by atomic mass is 10.0. The largest absolute Gasteiger partial charge is 0.490 e. The second-order valence-electron chi connectivity index (χ2n) is 6.25. The molecule has 0 atom stereocenters. The fraction of sp³-hybridized carbons (Fsp3) is 0.222. The van der Waals surface area contributed by atoms with Crippen molar-refractivity contribution in [2.75, 3.05) is 19.8 Å². The van der Waals surface area contributed by atoms with E-state index in [0.29, 0.717) is 17.7 Å². The van der Waals surface area contributed by atoms with Gasteiger partial charge in [0.25, 0.3) is 5.89 Å². The minimum absolute atomic E-state index is 0.00974. The molecule has 3 aromatic rings. The maximum Gasteiger partial charge on any atom is 0.490 e. The van der Waals surface area contributed by atoms with Crippen LogP contribution in [0.1, 0.15) is 5.56 Å². The fourth-order valence-corrected chi connectivity index (χ4v) is 2.26. The molecule has 2 aromatic heterocycles. The summed E-state index contributed by atoms with van der Waals surface area (Å²) in [4.78, 5) is 15.0. The van der Waals surface area contributed by atoms with Gasteiger partial charge in [-0.2, -0.15) is 13.2 Å². The van der Waals surface area contributed by atoms with Crippen LogP contribution in [0.2, 0.25) is 0 Å². The van der Waals surface area contributed by atoms with Crippen LogP contribution in [0.5, 0.6) is 0 Å². The zero-order valence-electron chi connectivity index (χ0n) is 15.8. The smallest absolute Gasteiger partial charge is 0.475 e. The van der Waals surface area contributed by atoms with Gasteiger partial charge >= 0.3 is 18.2 Å². The lowest BCUT2D eigenvalue weighted by Crippen LogP contribution is -2.21. The standard InChI is InChI=1S/C16H16FN5O.C2HF3O2/c1-22(2)9-11-4-3-10(6-14(11)17)12-5-13(8-19-7-12)15-20-21-16(18)23-15;3-2(4,5)1(6)7/h3-8H,9H2,1-2H3,(H2,18,21);(H,6,7). The van der Waals surface area contributed by atoms with Crippen LogP contribution in [0.25, 0.3) is 22.6 Å². The number of nitrogen functional groups attached to an aromatic ring is 1. The first-order valence-electron chi connectivity index (χ1n) is 8.25. The summed E-state index contributed by atoms with van der Waals surface area (Å²) in [5, 5.41) is 14.6. The fourth-order valence-electron chi connectivity index (χ4n) is 2.26. The number of benzene rings is 1. The van der Waals surface area contributed by atoms with Crippen molar-refractivity contribution >= 4 is 12.0 Å². The lowest BCUT2D eigenvalue weighted by molar-refractivity contribution is -0.192. The Morgan fingerprint density at radius 1 is 1.13 bits per heavy atom. The van der Waals surface area contributed by atoms with Crippen molar-refractivity contribution in [2.45, 2.75) is 12.7 Å². The van der Waals surface area contributed by atoms with Crippen molar-refractivity contribution < 1.29 is 31.9 Å². The molecule has 0 aliphatic rings. The van der Waals surface area contributed by atoms with Gasteiger partial charge in [0.05, 0.1) is 5.56 Å². The SMILES string of the molecule is CN(C)Cc1ccc(-c2cncc(-c3nnc(N)o3)c2)cc1F.O=C(O)C(F)(F)F. The Morgan fingerprint density at radius 3 is 2.27 bits per heavy atom. The number of hydrogen-bond donors (Lipinski definition) is 2. The lowest BCUT2D eigenvalue weighted by Gasteiger charge is -2.11. The van der Waals surface area contributed by atoms with Crippen molar-refractivity contribution in [2.24, 2.45) is 0 Å². The van der Waals surface area contributed by atoms with Gasteiger partial charge < -0.3 is 20.2 Å². The highest BCUT2D eigenvalue weighted by molar-refractivity contribution is 5.73. The van der Waals surface area contributed by atoms with Crippen LogP contribution in [-0.4, -0.2) is 51.4 Å². The van der Waals surface area contributed by atoms with E-state index in [-0.39, 0.29) is 17.7 Å². The van der Waals surface area contributed by atoms with Crippen LogP contribution in [0.4, 0.5) is 23.6 Å². The number of alkyl halides is 3. The Morgan fingerprint density at radius 2 is 1.77 bits per heavy atom. The number of aromatic nitrogens is 3. The minimum Gasteiger partial charge on any atom is -0.475 e. The molecular formula is C18H17F4N5O3. The van der Waals surface area contributed by atoms with Crippen molar-refractivity contribution in [3.05, 3.63) is 48.0 Å². The highest BCUT2D eigenvalue weighted by Gasteiger charge is 2.38. The van der Waals surface area contributed by atoms with Crippen LogP contribution >= 0.6 is 0 Å². The zero-order chi connectivity index (χ0) is 22.5. The monoisotopic (exact) mass is 427 g/mol. The number of rotatable bonds is 4. The van der Waals surface area contributed by atoms with Gasteiger partial charge in [0.15, 0.2) is 0 Å². The van der Waals surface area contributed by atoms with Crippen LogP contribution in [0, 0.1) is 5.82 Å². The van der Waals surface area contributed by atoms with E-state index >= 15 is 0 Å². The predicted molar refractivity (Wildman–Crippen MR) is 98.4 cm³/mol. The molecule has 30 heavy (non-hydrogen) atoms. The van der Waals surface area contributed by atoms with E-state index < -0.39 is 12.1 Å². The number of aliphatic carboxylic acids is 1. The van der Waals surface area contributed by atoms with E-state index in [1.807, 2.05) is 25.1 Å². The third-order valence-electron chi connectivity index (χ3n) is 3.54. The number of halogens is 4. The molecule has 2 heterocycles. The van der Waals surface area contributed by atoms with Crippen molar-refractivity contribution in [3.8, 4) is 22.6 Å². The molecule has 1 aromatic carbocycles. The third kappa shape index (κ3) is 6.24. The van der Waals surface area contributed by atoms with E-state index in [9.17, 15) is 17.6 Å². The molecule has 0 saturated heterocycles. The Bertz CT molecular complexity index is 1020. The molecule has 0 amide bonds. The van der Waals surface area contributed by atoms with Crippen LogP contribution < -0.4 is 5.73 Å². The molecule has 0 spiro atoms. The second kappa shape index (κ2) is 9.31. The molecule has 0 saturated carbocycles. The number of pyridine rings is 1. The highest BCUT2D eigenvalue weighted by atomic mass is 19.4. The summed E-state index contributed by atoms with van der Waals surface area (Å²) >= 11 is 0. The van der Waals surface area contributed by atoms with Gasteiger partial charge in [0.2, 0.25) is 0 Å². The summed E-state index contributed by atoms with van der Waals surface area (Å²) in [6, 6.07) is 6.94. The Hall–Kier alpha value is -3.54. The molecule has 0 aliphatic heterocycles. The van der Waals surface area contributed by atoms with Gasteiger partial charge in [0.1, 0.15) is 5.82 Å². The topological polar surface area (TPSA) is 118 Å². The first-order valence-corrected chi connectivity index (χ1v) is 8.25. The number of carboxylic acids is 1. The quantitative estimate of drug-likeness (QED) is 0.610. The number of hydrogen-bond acceptors (Lipinski definition) is 7. The Balaban J connectivity index is 0.000000396. The van der Waals surface area contributed by atoms with Crippen molar-refractivity contribution in [1.29, 1.82) is 0 Å². The molecule has 3 N–H and O–H groups in total. The predicted octanol–water partition coefficient (Wildman–Crippen LogP) is 3.21. The molecule has 0 aliphatic carbocycles. The van der Waals surface area contributed by atoms with Gasteiger partial charge in [-0.25, -0.2) is 9.18 Å². The average Bonchev–Trinajstić information content (AvgIpc) is 3.09. The summed E-state index contributed by atoms with van der Waals surface area (Å²) < 4.78 is 51.1. The normalized spacial score (nSPS) is 11.2. The average molecular weight is 427 g/mol. The Kier molecular flexibility index (Phi) is 7.06. The molecular weight excluding hydrogens is 410 g/mol.